The summed E-state index contributed by atoms with van der Waals surface area (Å²) in [6.45, 7) is 3.73. The second-order valence-electron chi connectivity index (χ2n) is 7.32. The maximum absolute atomic E-state index is 14.5. The molecule has 2 aromatic heterocycles. The van der Waals surface area contributed by atoms with Gasteiger partial charge < -0.3 is 15.0 Å². The maximum Gasteiger partial charge on any atom is 0.254 e. The molecule has 4 heterocycles. The number of rotatable bonds is 4. The molecular weight excluding hydrogens is 391 g/mol. The first-order valence-corrected chi connectivity index (χ1v) is 9.90. The van der Waals surface area contributed by atoms with E-state index in [1.807, 2.05) is 0 Å². The van der Waals surface area contributed by atoms with Crippen molar-refractivity contribution in [3.63, 3.8) is 0 Å². The van der Waals surface area contributed by atoms with Gasteiger partial charge in [0.25, 0.3) is 5.91 Å². The van der Waals surface area contributed by atoms with E-state index < -0.39 is 5.82 Å². The van der Waals surface area contributed by atoms with Gasteiger partial charge >= 0.3 is 0 Å². The molecular formula is C20H23FN6O3. The zero-order chi connectivity index (χ0) is 21.1. The first kappa shape index (κ1) is 20.1. The number of carbonyl (C=O) groups is 2. The Labute approximate surface area is 173 Å². The zero-order valence-electron chi connectivity index (χ0n) is 16.7. The summed E-state index contributed by atoms with van der Waals surface area (Å²) in [4.78, 5) is 39.5. The number of nitrogens with zero attached hydrogens (tertiary/aromatic N) is 5. The van der Waals surface area contributed by atoms with Crippen LogP contribution in [0.2, 0.25) is 0 Å². The van der Waals surface area contributed by atoms with E-state index in [4.69, 9.17) is 4.74 Å². The maximum atomic E-state index is 14.5. The predicted octanol–water partition coefficient (Wildman–Crippen LogP) is 1.46. The number of halogens is 1. The monoisotopic (exact) mass is 414 g/mol. The van der Waals surface area contributed by atoms with Crippen molar-refractivity contribution >= 4 is 23.6 Å². The molecule has 4 rings (SSSR count). The number of hydrogen-bond acceptors (Lipinski definition) is 7. The minimum atomic E-state index is -0.558. The molecule has 2 aliphatic heterocycles. The van der Waals surface area contributed by atoms with Crippen molar-refractivity contribution in [2.75, 3.05) is 43.1 Å². The number of nitrogens with one attached hydrogen (secondary N) is 1. The molecule has 2 aromatic rings. The molecule has 0 radical (unpaired) electrons. The SMILES string of the molecule is CC(=O)N1CCC(Nc2ncc(F)c(-c3ccnc(N4CCOCC4=O)c3)n2)CC1. The van der Waals surface area contributed by atoms with Crippen LogP contribution >= 0.6 is 0 Å². The number of ether oxygens (including phenoxy) is 1. The Morgan fingerprint density at radius 3 is 2.80 bits per heavy atom. The molecule has 0 aromatic carbocycles. The number of carbonyl (C=O) groups excluding carboxylic acids is 2. The van der Waals surface area contributed by atoms with E-state index in [1.165, 1.54) is 11.1 Å². The van der Waals surface area contributed by atoms with Crippen LogP contribution in [0.4, 0.5) is 16.2 Å². The second-order valence-corrected chi connectivity index (χ2v) is 7.32. The summed E-state index contributed by atoms with van der Waals surface area (Å²) in [5.41, 5.74) is 0.645. The fourth-order valence-corrected chi connectivity index (χ4v) is 3.63. The highest BCUT2D eigenvalue weighted by atomic mass is 19.1. The Kier molecular flexibility index (Phi) is 5.84. The summed E-state index contributed by atoms with van der Waals surface area (Å²) in [5, 5.41) is 3.24. The third-order valence-corrected chi connectivity index (χ3v) is 5.30. The van der Waals surface area contributed by atoms with E-state index in [0.29, 0.717) is 43.6 Å². The van der Waals surface area contributed by atoms with Gasteiger partial charge in [-0.05, 0) is 25.0 Å². The van der Waals surface area contributed by atoms with Crippen molar-refractivity contribution in [2.45, 2.75) is 25.8 Å². The van der Waals surface area contributed by atoms with E-state index in [0.717, 1.165) is 19.0 Å². The molecule has 0 spiro atoms. The summed E-state index contributed by atoms with van der Waals surface area (Å²) in [6.07, 6.45) is 4.21. The number of morpholine rings is 1. The average molecular weight is 414 g/mol. The number of aromatic nitrogens is 3. The van der Waals surface area contributed by atoms with Gasteiger partial charge in [-0.3, -0.25) is 14.5 Å². The highest BCUT2D eigenvalue weighted by Gasteiger charge is 2.23. The van der Waals surface area contributed by atoms with Crippen molar-refractivity contribution < 1.29 is 18.7 Å². The highest BCUT2D eigenvalue weighted by Crippen LogP contribution is 2.25. The molecule has 1 N–H and O–H groups in total. The van der Waals surface area contributed by atoms with Gasteiger partial charge in [0.2, 0.25) is 11.9 Å². The quantitative estimate of drug-likeness (QED) is 0.808. The van der Waals surface area contributed by atoms with Crippen molar-refractivity contribution in [1.29, 1.82) is 0 Å². The van der Waals surface area contributed by atoms with Crippen molar-refractivity contribution in [2.24, 2.45) is 0 Å². The lowest BCUT2D eigenvalue weighted by molar-refractivity contribution is -0.129. The largest absolute Gasteiger partial charge is 0.370 e. The molecule has 2 saturated heterocycles. The van der Waals surface area contributed by atoms with Gasteiger partial charge in [0.1, 0.15) is 18.1 Å². The summed E-state index contributed by atoms with van der Waals surface area (Å²) in [7, 11) is 0. The molecule has 0 atom stereocenters. The van der Waals surface area contributed by atoms with Crippen LogP contribution in [0.15, 0.2) is 24.5 Å². The topological polar surface area (TPSA) is 101 Å². The summed E-state index contributed by atoms with van der Waals surface area (Å²) < 4.78 is 19.7. The Morgan fingerprint density at radius 1 is 1.27 bits per heavy atom. The molecule has 10 heteroatoms. The molecule has 0 unspecified atom stereocenters. The molecule has 0 aliphatic carbocycles. The van der Waals surface area contributed by atoms with Crippen LogP contribution < -0.4 is 10.2 Å². The summed E-state index contributed by atoms with van der Waals surface area (Å²) in [5.74, 6) is 0.0881. The second kappa shape index (κ2) is 8.70. The normalized spacial score (nSPS) is 17.9. The fraction of sp³-hybridized carbons (Fsp3) is 0.450. The van der Waals surface area contributed by atoms with Crippen molar-refractivity contribution in [1.82, 2.24) is 19.9 Å². The van der Waals surface area contributed by atoms with E-state index >= 15 is 0 Å². The number of amides is 2. The van der Waals surface area contributed by atoms with Crippen LogP contribution in [0, 0.1) is 5.82 Å². The van der Waals surface area contributed by atoms with E-state index in [1.54, 1.807) is 24.0 Å². The third-order valence-electron chi connectivity index (χ3n) is 5.30. The third kappa shape index (κ3) is 4.38. The van der Waals surface area contributed by atoms with Gasteiger partial charge in [-0.15, -0.1) is 0 Å². The Bertz CT molecular complexity index is 948. The number of piperidine rings is 1. The molecule has 9 nitrogen and oxygen atoms in total. The minimum absolute atomic E-state index is 0.00426. The number of pyridine rings is 1. The number of likely N-dealkylation sites (tertiary alicyclic amines) is 1. The van der Waals surface area contributed by atoms with E-state index in [9.17, 15) is 14.0 Å². The van der Waals surface area contributed by atoms with Gasteiger partial charge in [-0.1, -0.05) is 0 Å². The first-order chi connectivity index (χ1) is 14.5. The molecule has 0 saturated carbocycles. The Balaban J connectivity index is 1.52. The lowest BCUT2D eigenvalue weighted by Crippen LogP contribution is -2.42. The van der Waals surface area contributed by atoms with Crippen LogP contribution in [0.5, 0.6) is 0 Å². The lowest BCUT2D eigenvalue weighted by atomic mass is 10.1. The molecule has 2 amide bonds. The fourth-order valence-electron chi connectivity index (χ4n) is 3.63. The van der Waals surface area contributed by atoms with Gasteiger partial charge in [0.15, 0.2) is 5.82 Å². The van der Waals surface area contributed by atoms with Crippen LogP contribution in [0.1, 0.15) is 19.8 Å². The number of anilines is 2. The van der Waals surface area contributed by atoms with E-state index in [-0.39, 0.29) is 30.2 Å². The Morgan fingerprint density at radius 2 is 2.07 bits per heavy atom. The van der Waals surface area contributed by atoms with Crippen LogP contribution in [-0.2, 0) is 14.3 Å². The predicted molar refractivity (Wildman–Crippen MR) is 107 cm³/mol. The van der Waals surface area contributed by atoms with E-state index in [2.05, 4.69) is 20.3 Å². The van der Waals surface area contributed by atoms with Gasteiger partial charge in [0, 0.05) is 37.8 Å². The van der Waals surface area contributed by atoms with Gasteiger partial charge in [0.05, 0.1) is 19.3 Å². The van der Waals surface area contributed by atoms with Gasteiger partial charge in [-0.2, -0.15) is 0 Å². The molecule has 158 valence electrons. The Hall–Kier alpha value is -3.14. The smallest absolute Gasteiger partial charge is 0.254 e. The molecule has 30 heavy (non-hydrogen) atoms. The van der Waals surface area contributed by atoms with Gasteiger partial charge in [-0.25, -0.2) is 19.3 Å². The highest BCUT2D eigenvalue weighted by molar-refractivity contribution is 5.94. The number of hydrogen-bond donors (Lipinski definition) is 1. The zero-order valence-corrected chi connectivity index (χ0v) is 16.7. The average Bonchev–Trinajstić information content (AvgIpc) is 2.76. The van der Waals surface area contributed by atoms with Crippen LogP contribution in [0.25, 0.3) is 11.3 Å². The summed E-state index contributed by atoms with van der Waals surface area (Å²) >= 11 is 0. The molecule has 0 bridgehead atoms. The van der Waals surface area contributed by atoms with Crippen molar-refractivity contribution in [3.05, 3.63) is 30.3 Å². The van der Waals surface area contributed by atoms with Crippen LogP contribution in [0.3, 0.4) is 0 Å². The molecule has 2 fully saturated rings. The first-order valence-electron chi connectivity index (χ1n) is 9.90. The van der Waals surface area contributed by atoms with Crippen LogP contribution in [-0.4, -0.2) is 70.6 Å². The molecule has 2 aliphatic rings. The lowest BCUT2D eigenvalue weighted by Gasteiger charge is -2.31. The van der Waals surface area contributed by atoms with Crippen molar-refractivity contribution in [3.8, 4) is 11.3 Å². The standard InChI is InChI=1S/C20H23FN6O3/c1-13(28)26-6-3-15(4-7-26)24-20-23-11-16(21)19(25-20)14-2-5-22-17(10-14)27-8-9-30-12-18(27)29/h2,5,10-11,15H,3-4,6-9,12H2,1H3,(H,23,24,25). The summed E-state index contributed by atoms with van der Waals surface area (Å²) in [6, 6.07) is 3.40. The minimum Gasteiger partial charge on any atom is -0.370 e.